The normalized spacial score (nSPS) is 10.8. The van der Waals surface area contributed by atoms with Crippen molar-refractivity contribution in [2.45, 2.75) is 6.92 Å². The smallest absolute Gasteiger partial charge is 0.261 e. The number of hydrogen-bond acceptors (Lipinski definition) is 4. The van der Waals surface area contributed by atoms with E-state index in [2.05, 4.69) is 14.8 Å². The largest absolute Gasteiger partial charge is 0.369 e. The van der Waals surface area contributed by atoms with Crippen LogP contribution in [-0.4, -0.2) is 9.97 Å². The lowest BCUT2D eigenvalue weighted by molar-refractivity contribution is 0.596. The van der Waals surface area contributed by atoms with Crippen LogP contribution in [0.1, 0.15) is 5.56 Å². The van der Waals surface area contributed by atoms with Crippen molar-refractivity contribution >= 4 is 33.2 Å². The standard InChI is InChI=1S/C14H8F2N4OS/c1-5-8-12(21)19-14(17)20-13(8)22-11(5)6-3-4-7(15)10(18-2)9(6)16/h3-4H,1H3,(H3,17,19,20,21). The lowest BCUT2D eigenvalue weighted by atomic mass is 10.1. The summed E-state index contributed by atoms with van der Waals surface area (Å²) in [4.78, 5) is 22.0. The van der Waals surface area contributed by atoms with Gasteiger partial charge in [0.25, 0.3) is 11.2 Å². The summed E-state index contributed by atoms with van der Waals surface area (Å²) in [5.41, 5.74) is 4.97. The Kier molecular flexibility index (Phi) is 3.15. The second kappa shape index (κ2) is 4.89. The molecule has 3 rings (SSSR count). The Morgan fingerprint density at radius 2 is 2.14 bits per heavy atom. The summed E-state index contributed by atoms with van der Waals surface area (Å²) >= 11 is 1.07. The average Bonchev–Trinajstić information content (AvgIpc) is 2.76. The molecule has 2 heterocycles. The van der Waals surface area contributed by atoms with Gasteiger partial charge in [-0.1, -0.05) is 6.07 Å². The van der Waals surface area contributed by atoms with E-state index in [1.807, 2.05) is 0 Å². The lowest BCUT2D eigenvalue weighted by Gasteiger charge is -2.04. The predicted molar refractivity (Wildman–Crippen MR) is 81.0 cm³/mol. The van der Waals surface area contributed by atoms with E-state index >= 15 is 0 Å². The number of anilines is 1. The number of nitrogens with two attached hydrogens (primary N) is 1. The number of H-pyrrole nitrogens is 1. The van der Waals surface area contributed by atoms with Gasteiger partial charge in [0.15, 0.2) is 0 Å². The monoisotopic (exact) mass is 318 g/mol. The molecule has 0 fully saturated rings. The minimum atomic E-state index is -0.950. The Hall–Kier alpha value is -2.79. The van der Waals surface area contributed by atoms with E-state index in [9.17, 15) is 13.6 Å². The molecule has 0 atom stereocenters. The molecule has 1 aromatic carbocycles. The van der Waals surface area contributed by atoms with Crippen LogP contribution >= 0.6 is 11.3 Å². The molecule has 0 aliphatic heterocycles. The number of hydrogen-bond donors (Lipinski definition) is 2. The molecule has 110 valence electrons. The molecule has 3 aromatic rings. The zero-order chi connectivity index (χ0) is 16.0. The number of nitrogens with zero attached hydrogens (tertiary/aromatic N) is 2. The minimum Gasteiger partial charge on any atom is -0.369 e. The Bertz CT molecular complexity index is 1020. The van der Waals surface area contributed by atoms with Crippen LogP contribution in [0.15, 0.2) is 16.9 Å². The summed E-state index contributed by atoms with van der Waals surface area (Å²) in [6, 6.07) is 2.27. The van der Waals surface area contributed by atoms with Gasteiger partial charge in [-0.2, -0.15) is 0 Å². The van der Waals surface area contributed by atoms with Gasteiger partial charge < -0.3 is 5.73 Å². The average molecular weight is 318 g/mol. The van der Waals surface area contributed by atoms with Gasteiger partial charge in [0.05, 0.1) is 12.0 Å². The maximum absolute atomic E-state index is 14.3. The van der Waals surface area contributed by atoms with Crippen LogP contribution in [0.3, 0.4) is 0 Å². The Labute approximate surface area is 126 Å². The number of benzene rings is 1. The number of rotatable bonds is 1. The van der Waals surface area contributed by atoms with Crippen molar-refractivity contribution in [3.05, 3.63) is 51.1 Å². The first kappa shape index (κ1) is 14.2. The molecule has 0 saturated carbocycles. The Morgan fingerprint density at radius 3 is 2.82 bits per heavy atom. The van der Waals surface area contributed by atoms with Gasteiger partial charge in [0.1, 0.15) is 16.5 Å². The van der Waals surface area contributed by atoms with Crippen molar-refractivity contribution < 1.29 is 8.78 Å². The summed E-state index contributed by atoms with van der Waals surface area (Å²) in [5.74, 6) is -1.91. The first-order valence-corrected chi connectivity index (χ1v) is 6.90. The summed E-state index contributed by atoms with van der Waals surface area (Å²) in [6.07, 6.45) is 0. The Morgan fingerprint density at radius 1 is 1.41 bits per heavy atom. The molecule has 0 spiro atoms. The molecule has 5 nitrogen and oxygen atoms in total. The molecule has 0 radical (unpaired) electrons. The maximum atomic E-state index is 14.3. The fourth-order valence-electron chi connectivity index (χ4n) is 2.24. The highest BCUT2D eigenvalue weighted by Gasteiger charge is 2.21. The van der Waals surface area contributed by atoms with Crippen LogP contribution in [0.5, 0.6) is 0 Å². The first-order chi connectivity index (χ1) is 10.4. The highest BCUT2D eigenvalue weighted by molar-refractivity contribution is 7.22. The van der Waals surface area contributed by atoms with Crippen LogP contribution in [0, 0.1) is 25.1 Å². The topological polar surface area (TPSA) is 76.1 Å². The number of nitrogens with one attached hydrogen (secondary N) is 1. The van der Waals surface area contributed by atoms with Crippen LogP contribution < -0.4 is 11.3 Å². The van der Waals surface area contributed by atoms with Crippen molar-refractivity contribution in [1.82, 2.24) is 9.97 Å². The van der Waals surface area contributed by atoms with E-state index in [0.717, 1.165) is 17.4 Å². The molecule has 0 unspecified atom stereocenters. The van der Waals surface area contributed by atoms with Gasteiger partial charge in [0, 0.05) is 10.4 Å². The zero-order valence-corrected chi connectivity index (χ0v) is 12.0. The third kappa shape index (κ3) is 1.95. The molecule has 0 aliphatic rings. The summed E-state index contributed by atoms with van der Waals surface area (Å²) in [7, 11) is 0. The highest BCUT2D eigenvalue weighted by Crippen LogP contribution is 2.39. The molecule has 22 heavy (non-hydrogen) atoms. The second-order valence-electron chi connectivity index (χ2n) is 4.56. The van der Waals surface area contributed by atoms with Gasteiger partial charge in [-0.15, -0.1) is 11.3 Å². The zero-order valence-electron chi connectivity index (χ0n) is 11.2. The van der Waals surface area contributed by atoms with Crippen molar-refractivity contribution in [2.75, 3.05) is 5.73 Å². The third-order valence-electron chi connectivity index (χ3n) is 3.24. The van der Waals surface area contributed by atoms with E-state index in [-0.39, 0.29) is 11.5 Å². The number of thiophene rings is 1. The summed E-state index contributed by atoms with van der Waals surface area (Å²) in [5, 5.41) is 0.308. The molecule has 0 saturated heterocycles. The Balaban J connectivity index is 2.38. The lowest BCUT2D eigenvalue weighted by Crippen LogP contribution is -2.10. The minimum absolute atomic E-state index is 0.0354. The third-order valence-corrected chi connectivity index (χ3v) is 4.46. The second-order valence-corrected chi connectivity index (χ2v) is 5.56. The molecule has 0 bridgehead atoms. The number of aryl methyl sites for hydroxylation is 1. The molecule has 0 aliphatic carbocycles. The number of aromatic amines is 1. The van der Waals surface area contributed by atoms with Crippen LogP contribution in [-0.2, 0) is 0 Å². The van der Waals surface area contributed by atoms with Gasteiger partial charge >= 0.3 is 0 Å². The molecular formula is C14H8F2N4OS. The van der Waals surface area contributed by atoms with Gasteiger partial charge in [0.2, 0.25) is 5.95 Å². The van der Waals surface area contributed by atoms with Crippen molar-refractivity contribution in [3.63, 3.8) is 0 Å². The summed E-state index contributed by atoms with van der Waals surface area (Å²) < 4.78 is 27.8. The van der Waals surface area contributed by atoms with Gasteiger partial charge in [-0.05, 0) is 18.6 Å². The fraction of sp³-hybridized carbons (Fsp3) is 0.0714. The highest BCUT2D eigenvalue weighted by atomic mass is 32.1. The van der Waals surface area contributed by atoms with Crippen LogP contribution in [0.25, 0.3) is 25.5 Å². The number of nitrogen functional groups attached to an aromatic ring is 1. The summed E-state index contributed by atoms with van der Waals surface area (Å²) in [6.45, 7) is 8.51. The number of halogens is 2. The van der Waals surface area contributed by atoms with Crippen molar-refractivity contribution in [1.29, 1.82) is 0 Å². The first-order valence-electron chi connectivity index (χ1n) is 6.08. The molecule has 3 N–H and O–H groups in total. The molecular weight excluding hydrogens is 310 g/mol. The fourth-order valence-corrected chi connectivity index (χ4v) is 3.44. The maximum Gasteiger partial charge on any atom is 0.261 e. The molecule has 8 heteroatoms. The number of fused-ring (bicyclic) bond motifs is 1. The van der Waals surface area contributed by atoms with Gasteiger partial charge in [-0.25, -0.2) is 18.6 Å². The molecule has 0 amide bonds. The van der Waals surface area contributed by atoms with E-state index in [1.54, 1.807) is 6.92 Å². The SMILES string of the molecule is [C-]#[N+]c1c(F)ccc(-c2sc3nc(N)[nH]c(=O)c3c2C)c1F. The van der Waals surface area contributed by atoms with Crippen molar-refractivity contribution in [3.8, 4) is 10.4 Å². The number of aromatic nitrogens is 2. The quantitative estimate of drug-likeness (QED) is 0.675. The van der Waals surface area contributed by atoms with Crippen LogP contribution in [0.2, 0.25) is 0 Å². The van der Waals surface area contributed by atoms with Gasteiger partial charge in [-0.3, -0.25) is 9.78 Å². The van der Waals surface area contributed by atoms with Crippen molar-refractivity contribution in [2.24, 2.45) is 0 Å². The van der Waals surface area contributed by atoms with E-state index < -0.39 is 22.9 Å². The van der Waals surface area contributed by atoms with E-state index in [4.69, 9.17) is 12.3 Å². The van der Waals surface area contributed by atoms with E-state index in [0.29, 0.717) is 20.7 Å². The predicted octanol–water partition coefficient (Wildman–Crippen LogP) is 3.37. The van der Waals surface area contributed by atoms with E-state index in [1.165, 1.54) is 6.07 Å². The molecule has 2 aromatic heterocycles. The van der Waals surface area contributed by atoms with Crippen LogP contribution in [0.4, 0.5) is 20.4 Å².